The third-order valence-corrected chi connectivity index (χ3v) is 3.18. The lowest BCUT2D eigenvalue weighted by atomic mass is 10.1. The molecule has 0 N–H and O–H groups in total. The molecule has 0 aliphatic heterocycles. The minimum Gasteiger partial charge on any atom is -0.0840 e. The molecular formula is C10H10BrCl. The molecule has 0 amide bonds. The smallest absolute Gasteiger partial charge is 0.0454 e. The van der Waals surface area contributed by atoms with Crippen LogP contribution in [-0.2, 0) is 0 Å². The topological polar surface area (TPSA) is 0 Å². The van der Waals surface area contributed by atoms with Crippen LogP contribution in [0.4, 0.5) is 0 Å². The lowest BCUT2D eigenvalue weighted by Crippen LogP contribution is -1.85. The maximum atomic E-state index is 6.14. The molecule has 0 radical (unpaired) electrons. The van der Waals surface area contributed by atoms with Gasteiger partial charge in [-0.15, -0.1) is 0 Å². The summed E-state index contributed by atoms with van der Waals surface area (Å²) < 4.78 is 1.18. The summed E-state index contributed by atoms with van der Waals surface area (Å²) in [5.74, 6) is 0.715. The van der Waals surface area contributed by atoms with Crippen molar-refractivity contribution in [3.8, 4) is 0 Å². The lowest BCUT2D eigenvalue weighted by Gasteiger charge is -2.06. The van der Waals surface area contributed by atoms with Crippen LogP contribution < -0.4 is 0 Å². The third-order valence-electron chi connectivity index (χ3n) is 2.21. The van der Waals surface area contributed by atoms with E-state index < -0.39 is 0 Å². The van der Waals surface area contributed by atoms with Crippen LogP contribution in [-0.4, -0.2) is 0 Å². The Kier molecular flexibility index (Phi) is 2.18. The molecule has 1 aromatic rings. The number of hydrogen-bond acceptors (Lipinski definition) is 0. The largest absolute Gasteiger partial charge is 0.0840 e. The molecule has 1 fully saturated rings. The van der Waals surface area contributed by atoms with Crippen molar-refractivity contribution < 1.29 is 0 Å². The summed E-state index contributed by atoms with van der Waals surface area (Å²) in [5.41, 5.74) is 2.53. The van der Waals surface area contributed by atoms with Gasteiger partial charge in [0.15, 0.2) is 0 Å². The average molecular weight is 246 g/mol. The van der Waals surface area contributed by atoms with E-state index in [1.165, 1.54) is 28.4 Å². The van der Waals surface area contributed by atoms with Gasteiger partial charge in [0.05, 0.1) is 0 Å². The van der Waals surface area contributed by atoms with E-state index in [0.29, 0.717) is 5.92 Å². The van der Waals surface area contributed by atoms with Gasteiger partial charge in [-0.25, -0.2) is 0 Å². The first-order valence-corrected chi connectivity index (χ1v) is 5.31. The lowest BCUT2D eigenvalue weighted by molar-refractivity contribution is 1.11. The van der Waals surface area contributed by atoms with E-state index in [0.717, 1.165) is 5.02 Å². The highest BCUT2D eigenvalue weighted by Gasteiger charge is 2.27. The zero-order valence-corrected chi connectivity index (χ0v) is 9.24. The minimum atomic E-state index is 0.715. The Bertz CT molecular complexity index is 293. The molecule has 1 aromatic carbocycles. The summed E-state index contributed by atoms with van der Waals surface area (Å²) in [6, 6.07) is 4.18. The predicted octanol–water partition coefficient (Wildman–Crippen LogP) is 4.29. The predicted molar refractivity (Wildman–Crippen MR) is 55.9 cm³/mol. The van der Waals surface area contributed by atoms with Gasteiger partial charge in [0.1, 0.15) is 0 Å². The van der Waals surface area contributed by atoms with Crippen molar-refractivity contribution in [1.82, 2.24) is 0 Å². The normalized spacial score (nSPS) is 16.6. The number of benzene rings is 1. The van der Waals surface area contributed by atoms with Crippen LogP contribution in [0.1, 0.15) is 29.9 Å². The molecule has 0 unspecified atom stereocenters. The van der Waals surface area contributed by atoms with Crippen molar-refractivity contribution in [2.45, 2.75) is 25.7 Å². The molecule has 0 bridgehead atoms. The van der Waals surface area contributed by atoms with Crippen molar-refractivity contribution >= 4 is 27.5 Å². The van der Waals surface area contributed by atoms with Gasteiger partial charge < -0.3 is 0 Å². The molecule has 1 aliphatic rings. The maximum Gasteiger partial charge on any atom is 0.0454 e. The Morgan fingerprint density at radius 2 is 2.08 bits per heavy atom. The molecule has 64 valence electrons. The van der Waals surface area contributed by atoms with E-state index in [4.69, 9.17) is 11.6 Å². The molecule has 0 nitrogen and oxygen atoms in total. The van der Waals surface area contributed by atoms with E-state index in [9.17, 15) is 0 Å². The molecule has 2 rings (SSSR count). The third kappa shape index (κ3) is 1.53. The molecular weight excluding hydrogens is 235 g/mol. The number of aryl methyl sites for hydroxylation is 1. The zero-order chi connectivity index (χ0) is 8.72. The van der Waals surface area contributed by atoms with Crippen LogP contribution in [0, 0.1) is 6.92 Å². The molecule has 0 aromatic heterocycles. The fourth-order valence-corrected chi connectivity index (χ4v) is 2.91. The first-order valence-electron chi connectivity index (χ1n) is 4.14. The molecule has 0 spiro atoms. The van der Waals surface area contributed by atoms with Crippen molar-refractivity contribution in [3.05, 3.63) is 32.8 Å². The number of rotatable bonds is 1. The molecule has 0 heterocycles. The SMILES string of the molecule is Cc1cc(Cl)c(C2CC2)c(Br)c1. The van der Waals surface area contributed by atoms with Gasteiger partial charge in [-0.1, -0.05) is 27.5 Å². The van der Waals surface area contributed by atoms with Crippen LogP contribution in [0.2, 0.25) is 5.02 Å². The van der Waals surface area contributed by atoms with Crippen molar-refractivity contribution in [2.75, 3.05) is 0 Å². The molecule has 1 saturated carbocycles. The van der Waals surface area contributed by atoms with Gasteiger partial charge in [-0.2, -0.15) is 0 Å². The van der Waals surface area contributed by atoms with E-state index in [-0.39, 0.29) is 0 Å². The average Bonchev–Trinajstić information content (AvgIpc) is 2.68. The van der Waals surface area contributed by atoms with Crippen LogP contribution in [0.25, 0.3) is 0 Å². The monoisotopic (exact) mass is 244 g/mol. The Morgan fingerprint density at radius 3 is 2.58 bits per heavy atom. The standard InChI is InChI=1S/C10H10BrCl/c1-6-4-8(11)10(7-2-3-7)9(12)5-6/h4-5,7H,2-3H2,1H3. The van der Waals surface area contributed by atoms with Crippen LogP contribution >= 0.6 is 27.5 Å². The van der Waals surface area contributed by atoms with Crippen molar-refractivity contribution in [1.29, 1.82) is 0 Å². The van der Waals surface area contributed by atoms with Gasteiger partial charge in [-0.3, -0.25) is 0 Å². The molecule has 0 saturated heterocycles. The van der Waals surface area contributed by atoms with Crippen molar-refractivity contribution in [2.24, 2.45) is 0 Å². The van der Waals surface area contributed by atoms with Gasteiger partial charge in [0.25, 0.3) is 0 Å². The molecule has 12 heavy (non-hydrogen) atoms. The Morgan fingerprint density at radius 1 is 1.42 bits per heavy atom. The maximum absolute atomic E-state index is 6.14. The Balaban J connectivity index is 2.51. The van der Waals surface area contributed by atoms with Gasteiger partial charge >= 0.3 is 0 Å². The Labute approximate surface area is 86.1 Å². The Hall–Kier alpha value is -0.0100. The van der Waals surface area contributed by atoms with Crippen LogP contribution in [0.5, 0.6) is 0 Å². The molecule has 1 aliphatic carbocycles. The molecule has 0 atom stereocenters. The number of hydrogen-bond donors (Lipinski definition) is 0. The minimum absolute atomic E-state index is 0.715. The highest BCUT2D eigenvalue weighted by molar-refractivity contribution is 9.10. The van der Waals surface area contributed by atoms with Gasteiger partial charge in [-0.05, 0) is 48.9 Å². The first-order chi connectivity index (χ1) is 5.68. The summed E-state index contributed by atoms with van der Waals surface area (Å²) in [7, 11) is 0. The van der Waals surface area contributed by atoms with Gasteiger partial charge in [0, 0.05) is 9.50 Å². The van der Waals surface area contributed by atoms with Crippen molar-refractivity contribution in [3.63, 3.8) is 0 Å². The van der Waals surface area contributed by atoms with Crippen LogP contribution in [0.3, 0.4) is 0 Å². The van der Waals surface area contributed by atoms with Gasteiger partial charge in [0.2, 0.25) is 0 Å². The quantitative estimate of drug-likeness (QED) is 0.692. The van der Waals surface area contributed by atoms with Crippen LogP contribution in [0.15, 0.2) is 16.6 Å². The fourth-order valence-electron chi connectivity index (χ4n) is 1.47. The summed E-state index contributed by atoms with van der Waals surface area (Å²) in [4.78, 5) is 0. The summed E-state index contributed by atoms with van der Waals surface area (Å²) in [6.45, 7) is 2.06. The first kappa shape index (κ1) is 8.58. The summed E-state index contributed by atoms with van der Waals surface area (Å²) in [6.07, 6.45) is 2.59. The fraction of sp³-hybridized carbons (Fsp3) is 0.400. The summed E-state index contributed by atoms with van der Waals surface area (Å²) >= 11 is 9.69. The second-order valence-corrected chi connectivity index (χ2v) is 4.68. The van der Waals surface area contributed by atoms with E-state index in [1.807, 2.05) is 6.07 Å². The second-order valence-electron chi connectivity index (χ2n) is 3.42. The summed E-state index contributed by atoms with van der Waals surface area (Å²) in [5, 5.41) is 0.921. The van der Waals surface area contributed by atoms with E-state index >= 15 is 0 Å². The van der Waals surface area contributed by atoms with E-state index in [2.05, 4.69) is 28.9 Å². The highest BCUT2D eigenvalue weighted by atomic mass is 79.9. The zero-order valence-electron chi connectivity index (χ0n) is 6.90. The second kappa shape index (κ2) is 3.04. The highest BCUT2D eigenvalue weighted by Crippen LogP contribution is 2.46. The molecule has 2 heteroatoms. The number of halogens is 2. The van der Waals surface area contributed by atoms with E-state index in [1.54, 1.807) is 0 Å².